The van der Waals surface area contributed by atoms with Crippen LogP contribution in [0.5, 0.6) is 0 Å². The monoisotopic (exact) mass is 374 g/mol. The van der Waals surface area contributed by atoms with Crippen LogP contribution in [0.1, 0.15) is 39.5 Å². The summed E-state index contributed by atoms with van der Waals surface area (Å²) < 4.78 is 62.2. The molecule has 4 bridgehead atoms. The van der Waals surface area contributed by atoms with Gasteiger partial charge in [-0.3, -0.25) is 8.37 Å². The highest BCUT2D eigenvalue weighted by Gasteiger charge is 2.80. The first-order valence-electron chi connectivity index (χ1n) is 8.98. The highest BCUT2D eigenvalue weighted by molar-refractivity contribution is 7.88. The summed E-state index contributed by atoms with van der Waals surface area (Å²) in [4.78, 5) is 0. The summed E-state index contributed by atoms with van der Waals surface area (Å²) in [5.41, 5.74) is -1.37. The highest BCUT2D eigenvalue weighted by atomic mass is 32.2. The zero-order valence-corrected chi connectivity index (χ0v) is 15.3. The van der Waals surface area contributed by atoms with E-state index in [0.717, 1.165) is 12.8 Å². The van der Waals surface area contributed by atoms with Gasteiger partial charge in [0.25, 0.3) is 20.2 Å². The molecule has 8 heteroatoms. The summed E-state index contributed by atoms with van der Waals surface area (Å²) >= 11 is 0. The fraction of sp³-hybridized carbons (Fsp3) is 1.00. The Bertz CT molecular complexity index is 865. The lowest BCUT2D eigenvalue weighted by Gasteiger charge is -2.43. The van der Waals surface area contributed by atoms with E-state index < -0.39 is 41.9 Å². The van der Waals surface area contributed by atoms with Gasteiger partial charge in [-0.05, 0) is 50.4 Å². The van der Waals surface area contributed by atoms with Gasteiger partial charge in [-0.2, -0.15) is 16.8 Å². The van der Waals surface area contributed by atoms with Gasteiger partial charge in [0.2, 0.25) is 0 Å². The van der Waals surface area contributed by atoms with Crippen molar-refractivity contribution >= 4 is 20.2 Å². The molecule has 134 valence electrons. The van der Waals surface area contributed by atoms with E-state index in [1.165, 1.54) is 0 Å². The van der Waals surface area contributed by atoms with Crippen molar-refractivity contribution < 1.29 is 25.2 Å². The quantitative estimate of drug-likeness (QED) is 0.643. The van der Waals surface area contributed by atoms with Crippen molar-refractivity contribution in [3.8, 4) is 0 Å². The van der Waals surface area contributed by atoms with Crippen LogP contribution in [0.3, 0.4) is 0 Å². The topological polar surface area (TPSA) is 86.7 Å². The third-order valence-corrected chi connectivity index (χ3v) is 12.4. The molecular weight excluding hydrogens is 352 g/mol. The Morgan fingerprint density at radius 2 is 1.54 bits per heavy atom. The average molecular weight is 374 g/mol. The Kier molecular flexibility index (Phi) is 2.33. The lowest BCUT2D eigenvalue weighted by Crippen LogP contribution is -2.53. The zero-order chi connectivity index (χ0) is 16.9. The van der Waals surface area contributed by atoms with Crippen molar-refractivity contribution in [3.63, 3.8) is 0 Å². The van der Waals surface area contributed by atoms with Gasteiger partial charge in [-0.15, -0.1) is 0 Å². The summed E-state index contributed by atoms with van der Waals surface area (Å²) in [5, 5.41) is -1.02. The maximum Gasteiger partial charge on any atom is 0.271 e. The van der Waals surface area contributed by atoms with Crippen LogP contribution in [0.4, 0.5) is 0 Å². The molecule has 6 fully saturated rings. The van der Waals surface area contributed by atoms with Crippen LogP contribution >= 0.6 is 0 Å². The molecule has 10 unspecified atom stereocenters. The smallest absolute Gasteiger partial charge is 0.263 e. The molecule has 0 aromatic carbocycles. The van der Waals surface area contributed by atoms with Crippen LogP contribution in [0.25, 0.3) is 0 Å². The normalized spacial score (nSPS) is 66.6. The molecule has 0 amide bonds. The van der Waals surface area contributed by atoms with Crippen LogP contribution < -0.4 is 0 Å². The first-order chi connectivity index (χ1) is 11.1. The van der Waals surface area contributed by atoms with Crippen LogP contribution in [0, 0.1) is 35.5 Å². The van der Waals surface area contributed by atoms with Gasteiger partial charge in [0, 0.05) is 17.8 Å². The summed E-state index contributed by atoms with van der Waals surface area (Å²) in [6.45, 7) is 3.92. The molecule has 2 aliphatic heterocycles. The lowest BCUT2D eigenvalue weighted by atomic mass is 9.65. The molecule has 4 aliphatic carbocycles. The van der Waals surface area contributed by atoms with Crippen LogP contribution in [-0.4, -0.2) is 38.5 Å². The maximum atomic E-state index is 12.7. The summed E-state index contributed by atoms with van der Waals surface area (Å²) in [5.74, 6) is 0.405. The Balaban J connectivity index is 1.52. The summed E-state index contributed by atoms with van der Waals surface area (Å²) in [7, 11) is -7.25. The molecule has 4 saturated carbocycles. The van der Waals surface area contributed by atoms with Gasteiger partial charge in [-0.1, -0.05) is 6.92 Å². The second kappa shape index (κ2) is 3.75. The van der Waals surface area contributed by atoms with Crippen molar-refractivity contribution in [2.45, 2.75) is 61.2 Å². The molecule has 6 aliphatic rings. The van der Waals surface area contributed by atoms with Crippen molar-refractivity contribution in [2.24, 2.45) is 35.5 Å². The Morgan fingerprint density at radius 3 is 2.25 bits per heavy atom. The SMILES string of the molecule is CC1C2CC3C1S(=O)(=O)OC3(C1C3CC4C1S(=O)(=O)OC4(C)C3)C2. The van der Waals surface area contributed by atoms with Crippen LogP contribution in [-0.2, 0) is 28.6 Å². The summed E-state index contributed by atoms with van der Waals surface area (Å²) in [6.07, 6.45) is 3.10. The van der Waals surface area contributed by atoms with E-state index in [0.29, 0.717) is 18.8 Å². The van der Waals surface area contributed by atoms with E-state index in [9.17, 15) is 16.8 Å². The fourth-order valence-electron chi connectivity index (χ4n) is 7.97. The van der Waals surface area contributed by atoms with Crippen LogP contribution in [0.15, 0.2) is 0 Å². The zero-order valence-electron chi connectivity index (χ0n) is 13.7. The minimum Gasteiger partial charge on any atom is -0.263 e. The second-order valence-electron chi connectivity index (χ2n) is 9.35. The Morgan fingerprint density at radius 1 is 0.875 bits per heavy atom. The predicted octanol–water partition coefficient (Wildman–Crippen LogP) is 1.27. The van der Waals surface area contributed by atoms with E-state index in [-0.39, 0.29) is 29.6 Å². The molecule has 0 spiro atoms. The standard InChI is InChI=1S/C16H22O6S2/c1-7-8-3-11-13(7)23(17,18)22-16(11,6-8)12-9-4-10-14(12)24(19,20)21-15(10,2)5-9/h7-14H,3-6H2,1-2H3. The molecule has 0 radical (unpaired) electrons. The van der Waals surface area contributed by atoms with E-state index >= 15 is 0 Å². The first kappa shape index (κ1) is 14.9. The van der Waals surface area contributed by atoms with E-state index in [2.05, 4.69) is 0 Å². The molecule has 0 N–H and O–H groups in total. The van der Waals surface area contributed by atoms with Crippen LogP contribution in [0.2, 0.25) is 0 Å². The van der Waals surface area contributed by atoms with Gasteiger partial charge in [0.1, 0.15) is 0 Å². The lowest BCUT2D eigenvalue weighted by molar-refractivity contribution is -0.0431. The molecule has 24 heavy (non-hydrogen) atoms. The maximum absolute atomic E-state index is 12.7. The third kappa shape index (κ3) is 1.35. The van der Waals surface area contributed by atoms with Gasteiger partial charge in [-0.25, -0.2) is 0 Å². The molecule has 2 saturated heterocycles. The van der Waals surface area contributed by atoms with E-state index in [1.807, 2.05) is 13.8 Å². The average Bonchev–Trinajstić information content (AvgIpc) is 3.14. The predicted molar refractivity (Wildman–Crippen MR) is 83.8 cm³/mol. The van der Waals surface area contributed by atoms with Crippen molar-refractivity contribution in [3.05, 3.63) is 0 Å². The molecular formula is C16H22O6S2. The third-order valence-electron chi connectivity index (χ3n) is 8.50. The molecule has 6 nitrogen and oxygen atoms in total. The molecule has 0 aromatic heterocycles. The second-order valence-corrected chi connectivity index (χ2v) is 12.7. The number of hydrogen-bond acceptors (Lipinski definition) is 6. The van der Waals surface area contributed by atoms with Crippen molar-refractivity contribution in [1.29, 1.82) is 0 Å². The fourth-order valence-corrected chi connectivity index (χ4v) is 12.8. The minimum absolute atomic E-state index is 0.00576. The van der Waals surface area contributed by atoms with Gasteiger partial charge in [0.15, 0.2) is 0 Å². The molecule has 2 heterocycles. The summed E-state index contributed by atoms with van der Waals surface area (Å²) in [6, 6.07) is 0. The first-order valence-corrected chi connectivity index (χ1v) is 11.9. The molecule has 10 atom stereocenters. The van der Waals surface area contributed by atoms with Gasteiger partial charge in [0.05, 0.1) is 21.7 Å². The number of rotatable bonds is 1. The number of fused-ring (bicyclic) bond motifs is 2. The Hall–Kier alpha value is -0.180. The Labute approximate surface area is 142 Å². The van der Waals surface area contributed by atoms with Crippen molar-refractivity contribution in [1.82, 2.24) is 0 Å². The minimum atomic E-state index is -3.65. The number of hydrogen-bond donors (Lipinski definition) is 0. The van der Waals surface area contributed by atoms with Gasteiger partial charge < -0.3 is 0 Å². The molecule has 6 rings (SSSR count). The highest BCUT2D eigenvalue weighted by Crippen LogP contribution is 2.73. The largest absolute Gasteiger partial charge is 0.271 e. The van der Waals surface area contributed by atoms with Crippen molar-refractivity contribution in [2.75, 3.05) is 0 Å². The van der Waals surface area contributed by atoms with E-state index in [1.54, 1.807) is 0 Å². The van der Waals surface area contributed by atoms with E-state index in [4.69, 9.17) is 8.37 Å². The molecule has 0 aromatic rings. The van der Waals surface area contributed by atoms with Gasteiger partial charge >= 0.3 is 0 Å².